The van der Waals surface area contributed by atoms with Gasteiger partial charge in [-0.3, -0.25) is 31.9 Å². The van der Waals surface area contributed by atoms with Gasteiger partial charge in [-0.1, -0.05) is 15.3 Å². The van der Waals surface area contributed by atoms with E-state index in [1.807, 2.05) is 0 Å². The predicted molar refractivity (Wildman–Crippen MR) is 100 cm³/mol. The van der Waals surface area contributed by atoms with Crippen LogP contribution in [-0.2, 0) is 0 Å². The number of aromatic amines is 3. The molecule has 0 radical (unpaired) electrons. The van der Waals surface area contributed by atoms with Crippen LogP contribution in [0.4, 0.5) is 50.1 Å². The van der Waals surface area contributed by atoms with Crippen molar-refractivity contribution >= 4 is 53.8 Å². The number of H-pyrrole nitrogens is 3. The molecule has 0 unspecified atom stereocenters. The van der Waals surface area contributed by atoms with Crippen molar-refractivity contribution in [3.05, 3.63) is 0 Å². The first-order valence-electron chi connectivity index (χ1n) is 8.24. The smallest absolute Gasteiger partial charge is 0.276 e. The van der Waals surface area contributed by atoms with Gasteiger partial charge in [0.2, 0.25) is 17.8 Å². The van der Waals surface area contributed by atoms with Crippen LogP contribution in [0.15, 0.2) is 0 Å². The van der Waals surface area contributed by atoms with Crippen LogP contribution < -0.4 is 31.9 Å². The number of aromatic nitrogens is 15. The molecule has 33 heavy (non-hydrogen) atoms. The van der Waals surface area contributed by atoms with E-state index in [0.717, 1.165) is 0 Å². The maximum atomic E-state index is 12.1. The number of amides is 6. The average molecular weight is 459 g/mol. The Morgan fingerprint density at radius 3 is 0.970 bits per heavy atom. The Morgan fingerprint density at radius 1 is 0.455 bits per heavy atom. The Hall–Kier alpha value is -5.97. The van der Waals surface area contributed by atoms with Crippen molar-refractivity contribution in [2.45, 2.75) is 0 Å². The summed E-state index contributed by atoms with van der Waals surface area (Å²) in [6, 6.07) is -2.61. The third-order valence-corrected chi connectivity index (χ3v) is 3.02. The average Bonchev–Trinajstić information content (AvgIpc) is 3.51. The molecule has 0 aliphatic rings. The second kappa shape index (κ2) is 9.23. The number of hydrogen-bond donors (Lipinski definition) is 9. The first kappa shape index (κ1) is 20.3. The van der Waals surface area contributed by atoms with E-state index in [9.17, 15) is 14.4 Å². The van der Waals surface area contributed by atoms with Gasteiger partial charge in [-0.2, -0.15) is 30.6 Å². The van der Waals surface area contributed by atoms with E-state index in [-0.39, 0.29) is 35.7 Å². The quantitative estimate of drug-likeness (QED) is 0.142. The number of urea groups is 3. The molecule has 4 aromatic rings. The normalized spacial score (nSPS) is 10.2. The second-order valence-electron chi connectivity index (χ2n) is 5.25. The number of carbonyl (C=O) groups excluding carboxylic acids is 3. The van der Waals surface area contributed by atoms with Gasteiger partial charge in [-0.15, -0.1) is 15.3 Å². The van der Waals surface area contributed by atoms with Crippen molar-refractivity contribution in [1.82, 2.24) is 76.8 Å². The van der Waals surface area contributed by atoms with E-state index in [0.29, 0.717) is 0 Å². The number of hydrogen-bond acceptors (Lipinski definition) is 15. The largest absolute Gasteiger partial charge is 0.328 e. The van der Waals surface area contributed by atoms with E-state index in [1.54, 1.807) is 0 Å². The Balaban J connectivity index is 1.48. The lowest BCUT2D eigenvalue weighted by molar-refractivity contribution is 0.261. The zero-order valence-corrected chi connectivity index (χ0v) is 15.6. The minimum atomic E-state index is -0.869. The number of tetrazole rings is 3. The molecule has 24 heteroatoms. The highest BCUT2D eigenvalue weighted by Gasteiger charge is 2.16. The number of rotatable bonds is 6. The van der Waals surface area contributed by atoms with E-state index >= 15 is 0 Å². The lowest BCUT2D eigenvalue weighted by Crippen LogP contribution is -2.26. The molecule has 4 rings (SSSR count). The van der Waals surface area contributed by atoms with Crippen molar-refractivity contribution in [2.24, 2.45) is 0 Å². The minimum absolute atomic E-state index is 0.141. The van der Waals surface area contributed by atoms with Crippen LogP contribution in [0.25, 0.3) is 0 Å². The van der Waals surface area contributed by atoms with Gasteiger partial charge in [0.05, 0.1) is 0 Å². The van der Waals surface area contributed by atoms with Gasteiger partial charge in [-0.05, 0) is 15.6 Å². The molecule has 0 saturated carbocycles. The fourth-order valence-corrected chi connectivity index (χ4v) is 1.89. The van der Waals surface area contributed by atoms with Crippen molar-refractivity contribution in [3.8, 4) is 0 Å². The third-order valence-electron chi connectivity index (χ3n) is 3.02. The number of anilines is 6. The number of nitrogens with zero attached hydrogens (tertiary/aromatic N) is 12. The van der Waals surface area contributed by atoms with Crippen LogP contribution in [0, 0.1) is 0 Å². The Morgan fingerprint density at radius 2 is 0.727 bits per heavy atom. The highest BCUT2D eigenvalue weighted by atomic mass is 16.2. The molecule has 0 aliphatic heterocycles. The molecule has 9 N–H and O–H groups in total. The fourth-order valence-electron chi connectivity index (χ4n) is 1.89. The lowest BCUT2D eigenvalue weighted by Gasteiger charge is -2.09. The Kier molecular flexibility index (Phi) is 5.68. The Bertz CT molecular complexity index is 1050. The van der Waals surface area contributed by atoms with Crippen LogP contribution >= 0.6 is 0 Å². The molecule has 0 bridgehead atoms. The van der Waals surface area contributed by atoms with Crippen LogP contribution in [0.5, 0.6) is 0 Å². The van der Waals surface area contributed by atoms with Crippen LogP contribution in [0.2, 0.25) is 0 Å². The zero-order valence-electron chi connectivity index (χ0n) is 15.6. The fraction of sp³-hybridized carbons (Fsp3) is 0. The summed E-state index contributed by atoms with van der Waals surface area (Å²) in [4.78, 5) is 47.8. The molecular formula is C9H9N21O3. The zero-order chi connectivity index (χ0) is 23.0. The molecule has 0 aliphatic carbocycles. The van der Waals surface area contributed by atoms with E-state index in [4.69, 9.17) is 0 Å². The third kappa shape index (κ3) is 5.77. The molecular weight excluding hydrogens is 450 g/mol. The molecule has 0 spiro atoms. The van der Waals surface area contributed by atoms with Crippen molar-refractivity contribution < 1.29 is 14.4 Å². The van der Waals surface area contributed by atoms with Gasteiger partial charge in [-0.25, -0.2) is 14.4 Å². The van der Waals surface area contributed by atoms with E-state index in [1.165, 1.54) is 0 Å². The van der Waals surface area contributed by atoms with Gasteiger partial charge >= 0.3 is 18.1 Å². The van der Waals surface area contributed by atoms with Gasteiger partial charge in [0.25, 0.3) is 17.8 Å². The second-order valence-corrected chi connectivity index (χ2v) is 5.25. The number of carbonyl (C=O) groups is 3. The summed E-state index contributed by atoms with van der Waals surface area (Å²) in [6.45, 7) is 0. The van der Waals surface area contributed by atoms with E-state index in [2.05, 4.69) is 109 Å². The summed E-state index contributed by atoms with van der Waals surface area (Å²) in [5.41, 5.74) is 0. The molecule has 0 fully saturated rings. The summed E-state index contributed by atoms with van der Waals surface area (Å²) in [5, 5.41) is 50.9. The van der Waals surface area contributed by atoms with E-state index < -0.39 is 18.1 Å². The molecule has 168 valence electrons. The van der Waals surface area contributed by atoms with Gasteiger partial charge in [0.15, 0.2) is 0 Å². The molecule has 0 saturated heterocycles. The summed E-state index contributed by atoms with van der Waals surface area (Å²) in [7, 11) is 0. The van der Waals surface area contributed by atoms with Gasteiger partial charge in [0.1, 0.15) is 0 Å². The predicted octanol–water partition coefficient (Wildman–Crippen LogP) is -2.66. The van der Waals surface area contributed by atoms with Crippen LogP contribution in [0.3, 0.4) is 0 Å². The number of nitrogens with one attached hydrogen (secondary N) is 9. The first-order valence-corrected chi connectivity index (χ1v) is 8.24. The summed E-state index contributed by atoms with van der Waals surface area (Å²) in [5.74, 6) is -1.56. The van der Waals surface area contributed by atoms with Gasteiger partial charge in [0, 0.05) is 0 Å². The highest BCUT2D eigenvalue weighted by Crippen LogP contribution is 2.11. The standard InChI is InChI=1S/C9H9N21O3/c31-7(16-4-19-25-26-20-4)13-1-10-2(14-8(32)17-5-21-27-28-22-5)12-3(11-1)15-9(33)18-6-23-29-30-24-6/h(H9,10,11,12,13,14,15,16,17,18,19,20,21,22,23,24,25,26,27,28,29,30,31,32,33). The molecule has 4 aromatic heterocycles. The van der Waals surface area contributed by atoms with Crippen LogP contribution in [0.1, 0.15) is 0 Å². The van der Waals surface area contributed by atoms with Crippen molar-refractivity contribution in [2.75, 3.05) is 31.9 Å². The lowest BCUT2D eigenvalue weighted by atomic mass is 10.7. The maximum Gasteiger partial charge on any atom is 0.328 e. The highest BCUT2D eigenvalue weighted by molar-refractivity contribution is 6.00. The summed E-state index contributed by atoms with van der Waals surface area (Å²) >= 11 is 0. The molecule has 4 heterocycles. The van der Waals surface area contributed by atoms with Gasteiger partial charge < -0.3 is 0 Å². The molecule has 0 aromatic carbocycles. The summed E-state index contributed by atoms with van der Waals surface area (Å²) in [6.07, 6.45) is 0. The monoisotopic (exact) mass is 459 g/mol. The van der Waals surface area contributed by atoms with Crippen molar-refractivity contribution in [1.29, 1.82) is 0 Å². The van der Waals surface area contributed by atoms with Crippen LogP contribution in [-0.4, -0.2) is 94.9 Å². The molecule has 24 nitrogen and oxygen atoms in total. The Labute approximate surface area is 177 Å². The maximum absolute atomic E-state index is 12.1. The SMILES string of the molecule is O=C(Nc1nn[nH]n1)Nc1nc(NC(=O)Nc2nn[nH]n2)nc(NC(=O)Nc2nn[nH]n2)n1. The summed E-state index contributed by atoms with van der Waals surface area (Å²) < 4.78 is 0. The molecule has 6 amide bonds. The molecule has 0 atom stereocenters. The van der Waals surface area contributed by atoms with Crippen molar-refractivity contribution in [3.63, 3.8) is 0 Å². The first-order chi connectivity index (χ1) is 16.0. The minimum Gasteiger partial charge on any atom is -0.276 e. The topological polar surface area (TPSA) is 325 Å².